The third kappa shape index (κ3) is 5.39. The third-order valence-electron chi connectivity index (χ3n) is 2.14. The highest BCUT2D eigenvalue weighted by atomic mass is 35.5. The molecule has 0 saturated heterocycles. The lowest BCUT2D eigenvalue weighted by Gasteiger charge is -2.06. The molecule has 0 aliphatic rings. The molecule has 0 aromatic heterocycles. The molecule has 0 heterocycles. The van der Waals surface area contributed by atoms with Gasteiger partial charge in [0.15, 0.2) is 0 Å². The minimum absolute atomic E-state index is 0.160. The summed E-state index contributed by atoms with van der Waals surface area (Å²) in [5.74, 6) is -0.160. The van der Waals surface area contributed by atoms with E-state index in [2.05, 4.69) is 17.6 Å². The zero-order valence-corrected chi connectivity index (χ0v) is 11.2. The fourth-order valence-corrected chi connectivity index (χ4v) is 1.88. The predicted octanol–water partition coefficient (Wildman–Crippen LogP) is 2.72. The summed E-state index contributed by atoms with van der Waals surface area (Å²) in [6.07, 6.45) is 1.08. The lowest BCUT2D eigenvalue weighted by Crippen LogP contribution is -2.32. The average molecular weight is 275 g/mol. The van der Waals surface area contributed by atoms with Crippen LogP contribution in [0.2, 0.25) is 10.0 Å². The van der Waals surface area contributed by atoms with Crippen LogP contribution >= 0.6 is 23.2 Å². The molecule has 1 aromatic carbocycles. The molecular weight excluding hydrogens is 259 g/mol. The molecule has 0 unspecified atom stereocenters. The smallest absolute Gasteiger partial charge is 0.251 e. The Kier molecular flexibility index (Phi) is 6.34. The first-order valence-corrected chi connectivity index (χ1v) is 6.34. The van der Waals surface area contributed by atoms with Crippen molar-refractivity contribution >= 4 is 29.1 Å². The quantitative estimate of drug-likeness (QED) is 0.784. The molecule has 0 fully saturated rings. The minimum atomic E-state index is -0.160. The van der Waals surface area contributed by atoms with Crippen LogP contribution in [0.3, 0.4) is 0 Å². The number of halogens is 2. The largest absolute Gasteiger partial charge is 0.351 e. The second-order valence-corrected chi connectivity index (χ2v) is 4.54. The van der Waals surface area contributed by atoms with Crippen molar-refractivity contribution in [2.75, 3.05) is 19.6 Å². The summed E-state index contributed by atoms with van der Waals surface area (Å²) in [7, 11) is 0. The van der Waals surface area contributed by atoms with E-state index in [0.29, 0.717) is 22.2 Å². The Morgan fingerprint density at radius 1 is 1.12 bits per heavy atom. The second-order valence-electron chi connectivity index (χ2n) is 3.66. The van der Waals surface area contributed by atoms with Crippen molar-refractivity contribution in [3.8, 4) is 0 Å². The van der Waals surface area contributed by atoms with Crippen LogP contribution in [-0.4, -0.2) is 25.5 Å². The maximum atomic E-state index is 11.7. The molecule has 1 amide bonds. The first-order valence-electron chi connectivity index (χ1n) is 5.58. The van der Waals surface area contributed by atoms with Crippen molar-refractivity contribution in [1.82, 2.24) is 10.6 Å². The predicted molar refractivity (Wildman–Crippen MR) is 72.0 cm³/mol. The standard InChI is InChI=1S/C12H16Cl2N2O/c1-2-3-15-4-5-16-12(17)9-6-10(13)8-11(14)7-9/h6-8,15H,2-5H2,1H3,(H,16,17). The number of carbonyl (C=O) groups excluding carboxylic acids is 1. The third-order valence-corrected chi connectivity index (χ3v) is 2.58. The maximum Gasteiger partial charge on any atom is 0.251 e. The Bertz CT molecular complexity index is 363. The van der Waals surface area contributed by atoms with Gasteiger partial charge in [-0.2, -0.15) is 0 Å². The van der Waals surface area contributed by atoms with Crippen LogP contribution in [-0.2, 0) is 0 Å². The monoisotopic (exact) mass is 274 g/mol. The molecule has 1 rings (SSSR count). The molecule has 0 atom stereocenters. The first-order chi connectivity index (χ1) is 8.13. The van der Waals surface area contributed by atoms with Crippen molar-refractivity contribution in [1.29, 1.82) is 0 Å². The van der Waals surface area contributed by atoms with Gasteiger partial charge in [0.2, 0.25) is 0 Å². The Morgan fingerprint density at radius 3 is 2.35 bits per heavy atom. The SMILES string of the molecule is CCCNCCNC(=O)c1cc(Cl)cc(Cl)c1. The van der Waals surface area contributed by atoms with Gasteiger partial charge in [-0.25, -0.2) is 0 Å². The maximum absolute atomic E-state index is 11.7. The fourth-order valence-electron chi connectivity index (χ4n) is 1.35. The number of benzene rings is 1. The molecule has 5 heteroatoms. The van der Waals surface area contributed by atoms with Crippen LogP contribution in [0.25, 0.3) is 0 Å². The van der Waals surface area contributed by atoms with Crippen LogP contribution in [0.1, 0.15) is 23.7 Å². The highest BCUT2D eigenvalue weighted by Gasteiger charge is 2.06. The van der Waals surface area contributed by atoms with E-state index in [4.69, 9.17) is 23.2 Å². The molecule has 2 N–H and O–H groups in total. The summed E-state index contributed by atoms with van der Waals surface area (Å²) in [5.41, 5.74) is 0.484. The summed E-state index contributed by atoms with van der Waals surface area (Å²) >= 11 is 11.6. The molecule has 0 radical (unpaired) electrons. The summed E-state index contributed by atoms with van der Waals surface area (Å²) in [5, 5.41) is 6.92. The van der Waals surface area contributed by atoms with Gasteiger partial charge in [-0.15, -0.1) is 0 Å². The highest BCUT2D eigenvalue weighted by Crippen LogP contribution is 2.18. The van der Waals surface area contributed by atoms with Gasteiger partial charge in [0, 0.05) is 28.7 Å². The van der Waals surface area contributed by atoms with Crippen LogP contribution in [0.15, 0.2) is 18.2 Å². The van der Waals surface area contributed by atoms with E-state index in [1.54, 1.807) is 18.2 Å². The van der Waals surface area contributed by atoms with Gasteiger partial charge in [-0.3, -0.25) is 4.79 Å². The van der Waals surface area contributed by atoms with Gasteiger partial charge in [0.1, 0.15) is 0 Å². The molecule has 0 aliphatic carbocycles. The van der Waals surface area contributed by atoms with Crippen LogP contribution < -0.4 is 10.6 Å². The lowest BCUT2D eigenvalue weighted by atomic mass is 10.2. The van der Waals surface area contributed by atoms with E-state index >= 15 is 0 Å². The van der Waals surface area contributed by atoms with Crippen molar-refractivity contribution in [2.24, 2.45) is 0 Å². The van der Waals surface area contributed by atoms with Gasteiger partial charge in [-0.05, 0) is 31.2 Å². The van der Waals surface area contributed by atoms with Gasteiger partial charge in [0.25, 0.3) is 5.91 Å². The van der Waals surface area contributed by atoms with E-state index in [0.717, 1.165) is 19.5 Å². The molecule has 0 aliphatic heterocycles. The normalized spacial score (nSPS) is 10.3. The average Bonchev–Trinajstić information content (AvgIpc) is 2.27. The Hall–Kier alpha value is -0.770. The molecule has 0 spiro atoms. The highest BCUT2D eigenvalue weighted by molar-refractivity contribution is 6.35. The molecule has 3 nitrogen and oxygen atoms in total. The molecule has 94 valence electrons. The number of hydrogen-bond donors (Lipinski definition) is 2. The zero-order valence-electron chi connectivity index (χ0n) is 9.72. The van der Waals surface area contributed by atoms with Gasteiger partial charge in [-0.1, -0.05) is 30.1 Å². The van der Waals surface area contributed by atoms with Gasteiger partial charge < -0.3 is 10.6 Å². The van der Waals surface area contributed by atoms with Gasteiger partial charge >= 0.3 is 0 Å². The Balaban J connectivity index is 2.41. The molecular formula is C12H16Cl2N2O. The summed E-state index contributed by atoms with van der Waals surface area (Å²) in [6.45, 7) is 4.40. The summed E-state index contributed by atoms with van der Waals surface area (Å²) < 4.78 is 0. The Morgan fingerprint density at radius 2 is 1.76 bits per heavy atom. The molecule has 0 saturated carbocycles. The zero-order chi connectivity index (χ0) is 12.7. The molecule has 17 heavy (non-hydrogen) atoms. The van der Waals surface area contributed by atoms with E-state index < -0.39 is 0 Å². The summed E-state index contributed by atoms with van der Waals surface area (Å²) in [4.78, 5) is 11.7. The Labute approximate surface area is 111 Å². The number of nitrogens with one attached hydrogen (secondary N) is 2. The van der Waals surface area contributed by atoms with E-state index in [1.165, 1.54) is 0 Å². The van der Waals surface area contributed by atoms with E-state index in [1.807, 2.05) is 0 Å². The first kappa shape index (κ1) is 14.3. The van der Waals surface area contributed by atoms with Crippen molar-refractivity contribution < 1.29 is 4.79 Å². The van der Waals surface area contributed by atoms with Crippen LogP contribution in [0, 0.1) is 0 Å². The van der Waals surface area contributed by atoms with Gasteiger partial charge in [0.05, 0.1) is 0 Å². The number of rotatable bonds is 6. The number of hydrogen-bond acceptors (Lipinski definition) is 2. The minimum Gasteiger partial charge on any atom is -0.351 e. The van der Waals surface area contributed by atoms with Crippen molar-refractivity contribution in [2.45, 2.75) is 13.3 Å². The molecule has 1 aromatic rings. The van der Waals surface area contributed by atoms with Crippen molar-refractivity contribution in [3.05, 3.63) is 33.8 Å². The van der Waals surface area contributed by atoms with Crippen LogP contribution in [0.4, 0.5) is 0 Å². The number of amides is 1. The van der Waals surface area contributed by atoms with Crippen molar-refractivity contribution in [3.63, 3.8) is 0 Å². The van der Waals surface area contributed by atoms with E-state index in [9.17, 15) is 4.79 Å². The van der Waals surface area contributed by atoms with Crippen LogP contribution in [0.5, 0.6) is 0 Å². The fraction of sp³-hybridized carbons (Fsp3) is 0.417. The molecule has 0 bridgehead atoms. The topological polar surface area (TPSA) is 41.1 Å². The lowest BCUT2D eigenvalue weighted by molar-refractivity contribution is 0.0954. The van der Waals surface area contributed by atoms with E-state index in [-0.39, 0.29) is 5.91 Å². The summed E-state index contributed by atoms with van der Waals surface area (Å²) in [6, 6.07) is 4.80. The number of carbonyl (C=O) groups is 1. The second kappa shape index (κ2) is 7.54.